The highest BCUT2D eigenvalue weighted by Gasteiger charge is 2.27. The quantitative estimate of drug-likeness (QED) is 0.835. The third kappa shape index (κ3) is 3.94. The molecule has 2 heterocycles. The summed E-state index contributed by atoms with van der Waals surface area (Å²) in [6.45, 7) is 9.14. The summed E-state index contributed by atoms with van der Waals surface area (Å²) in [6.07, 6.45) is 0.814. The van der Waals surface area contributed by atoms with Crippen molar-refractivity contribution < 1.29 is 12.9 Å². The zero-order chi connectivity index (χ0) is 18.0. The van der Waals surface area contributed by atoms with Crippen LogP contribution in [-0.4, -0.2) is 49.0 Å². The molecule has 0 N–H and O–H groups in total. The van der Waals surface area contributed by atoms with Crippen LogP contribution in [0.15, 0.2) is 33.7 Å². The predicted molar refractivity (Wildman–Crippen MR) is 95.8 cm³/mol. The molecule has 0 atom stereocenters. The number of benzene rings is 1. The van der Waals surface area contributed by atoms with Gasteiger partial charge in [0.2, 0.25) is 10.0 Å². The summed E-state index contributed by atoms with van der Waals surface area (Å²) in [7, 11) is -3.43. The Bertz CT molecular complexity index is 826. The molecule has 3 rings (SSSR count). The average molecular weight is 363 g/mol. The molecule has 0 bridgehead atoms. The molecule has 25 heavy (non-hydrogen) atoms. The molecule has 0 aliphatic carbocycles. The lowest BCUT2D eigenvalue weighted by molar-refractivity contribution is 0.276. The highest BCUT2D eigenvalue weighted by atomic mass is 32.2. The summed E-state index contributed by atoms with van der Waals surface area (Å²) in [6, 6.07) is 7.12. The molecule has 1 aromatic heterocycles. The van der Waals surface area contributed by atoms with Crippen LogP contribution >= 0.6 is 0 Å². The van der Waals surface area contributed by atoms with Crippen LogP contribution in [-0.2, 0) is 16.6 Å². The van der Waals surface area contributed by atoms with E-state index < -0.39 is 10.0 Å². The lowest BCUT2D eigenvalue weighted by Gasteiger charge is -2.22. The highest BCUT2D eigenvalue weighted by Crippen LogP contribution is 2.20. The van der Waals surface area contributed by atoms with Crippen molar-refractivity contribution in [1.82, 2.24) is 14.4 Å². The fourth-order valence-corrected chi connectivity index (χ4v) is 4.80. The molecular weight excluding hydrogens is 338 g/mol. The molecule has 1 fully saturated rings. The van der Waals surface area contributed by atoms with Crippen molar-refractivity contribution in [2.45, 2.75) is 38.6 Å². The summed E-state index contributed by atoms with van der Waals surface area (Å²) < 4.78 is 32.6. The van der Waals surface area contributed by atoms with Crippen molar-refractivity contribution in [1.29, 1.82) is 0 Å². The van der Waals surface area contributed by atoms with Gasteiger partial charge in [0.05, 0.1) is 10.6 Å². The van der Waals surface area contributed by atoms with Gasteiger partial charge in [0.25, 0.3) is 0 Å². The zero-order valence-electron chi connectivity index (χ0n) is 15.0. The first kappa shape index (κ1) is 18.1. The van der Waals surface area contributed by atoms with E-state index >= 15 is 0 Å². The zero-order valence-corrected chi connectivity index (χ0v) is 15.8. The predicted octanol–water partition coefficient (Wildman–Crippen LogP) is 2.50. The van der Waals surface area contributed by atoms with Gasteiger partial charge in [-0.05, 0) is 51.4 Å². The maximum Gasteiger partial charge on any atom is 0.243 e. The molecule has 1 aliphatic heterocycles. The summed E-state index contributed by atoms with van der Waals surface area (Å²) in [5.41, 5.74) is 2.97. The second-order valence-electron chi connectivity index (χ2n) is 6.65. The van der Waals surface area contributed by atoms with Gasteiger partial charge in [0, 0.05) is 31.7 Å². The van der Waals surface area contributed by atoms with Gasteiger partial charge in [0.1, 0.15) is 5.76 Å². The molecule has 7 heteroatoms. The monoisotopic (exact) mass is 363 g/mol. The number of rotatable bonds is 4. The Hall–Kier alpha value is -1.70. The first-order chi connectivity index (χ1) is 11.9. The lowest BCUT2D eigenvalue weighted by atomic mass is 10.2. The smallest absolute Gasteiger partial charge is 0.243 e. The lowest BCUT2D eigenvalue weighted by Crippen LogP contribution is -2.35. The largest absolute Gasteiger partial charge is 0.361 e. The Morgan fingerprint density at radius 3 is 2.60 bits per heavy atom. The summed E-state index contributed by atoms with van der Waals surface area (Å²) in [5.74, 6) is 0.839. The normalized spacial score (nSPS) is 17.6. The molecule has 0 unspecified atom stereocenters. The number of hydrogen-bond donors (Lipinski definition) is 0. The summed E-state index contributed by atoms with van der Waals surface area (Å²) in [4.78, 5) is 2.66. The van der Waals surface area contributed by atoms with E-state index in [4.69, 9.17) is 4.52 Å². The molecule has 1 saturated heterocycles. The molecule has 136 valence electrons. The highest BCUT2D eigenvalue weighted by molar-refractivity contribution is 7.89. The maximum absolute atomic E-state index is 12.9. The molecule has 6 nitrogen and oxygen atoms in total. The van der Waals surface area contributed by atoms with E-state index in [9.17, 15) is 8.42 Å². The Morgan fingerprint density at radius 1 is 1.12 bits per heavy atom. The van der Waals surface area contributed by atoms with Gasteiger partial charge in [-0.1, -0.05) is 17.3 Å². The van der Waals surface area contributed by atoms with Gasteiger partial charge >= 0.3 is 0 Å². The minimum atomic E-state index is -3.43. The van der Waals surface area contributed by atoms with E-state index in [2.05, 4.69) is 10.1 Å². The van der Waals surface area contributed by atoms with Crippen molar-refractivity contribution in [3.05, 3.63) is 46.8 Å². The minimum Gasteiger partial charge on any atom is -0.361 e. The Labute approximate surface area is 149 Å². The van der Waals surface area contributed by atoms with Crippen molar-refractivity contribution in [2.75, 3.05) is 26.2 Å². The van der Waals surface area contributed by atoms with Crippen LogP contribution in [0.3, 0.4) is 0 Å². The van der Waals surface area contributed by atoms with Gasteiger partial charge in [-0.15, -0.1) is 0 Å². The van der Waals surface area contributed by atoms with Gasteiger partial charge in [-0.3, -0.25) is 4.90 Å². The molecule has 1 aromatic carbocycles. The Balaban J connectivity index is 1.71. The fourth-order valence-electron chi connectivity index (χ4n) is 3.22. The number of sulfonamides is 1. The van der Waals surface area contributed by atoms with Crippen LogP contribution in [0.5, 0.6) is 0 Å². The topological polar surface area (TPSA) is 66.7 Å². The first-order valence-electron chi connectivity index (χ1n) is 8.59. The molecule has 0 spiro atoms. The van der Waals surface area contributed by atoms with Crippen molar-refractivity contribution in [3.8, 4) is 0 Å². The van der Waals surface area contributed by atoms with Crippen LogP contribution in [0.4, 0.5) is 0 Å². The van der Waals surface area contributed by atoms with Crippen molar-refractivity contribution >= 4 is 10.0 Å². The summed E-state index contributed by atoms with van der Waals surface area (Å²) >= 11 is 0. The van der Waals surface area contributed by atoms with E-state index in [1.54, 1.807) is 22.5 Å². The first-order valence-corrected chi connectivity index (χ1v) is 10.0. The van der Waals surface area contributed by atoms with Gasteiger partial charge in [0.15, 0.2) is 0 Å². The fraction of sp³-hybridized carbons (Fsp3) is 0.500. The standard InChI is InChI=1S/C18H25N3O3S/c1-14-6-4-7-17(12-14)25(22,23)21-9-5-8-20(10-11-21)13-18-15(2)19-24-16(18)3/h4,6-7,12H,5,8-11,13H2,1-3H3. The van der Waals surface area contributed by atoms with Gasteiger partial charge in [-0.2, -0.15) is 4.31 Å². The SMILES string of the molecule is Cc1cccc(S(=O)(=O)N2CCCN(Cc3c(C)noc3C)CC2)c1. The third-order valence-electron chi connectivity index (χ3n) is 4.74. The number of aryl methyl sites for hydroxylation is 3. The van der Waals surface area contributed by atoms with Crippen LogP contribution in [0, 0.1) is 20.8 Å². The number of aromatic nitrogens is 1. The van der Waals surface area contributed by atoms with E-state index in [1.807, 2.05) is 26.8 Å². The summed E-state index contributed by atoms with van der Waals surface area (Å²) in [5, 5.41) is 4.00. The van der Waals surface area contributed by atoms with E-state index in [-0.39, 0.29) is 0 Å². The van der Waals surface area contributed by atoms with E-state index in [0.717, 1.165) is 42.1 Å². The average Bonchev–Trinajstić information content (AvgIpc) is 2.78. The molecule has 0 radical (unpaired) electrons. The Morgan fingerprint density at radius 2 is 1.92 bits per heavy atom. The van der Waals surface area contributed by atoms with Crippen LogP contribution in [0.25, 0.3) is 0 Å². The molecule has 0 saturated carbocycles. The van der Waals surface area contributed by atoms with Gasteiger partial charge < -0.3 is 4.52 Å². The minimum absolute atomic E-state index is 0.381. The Kier molecular flexibility index (Phi) is 5.27. The van der Waals surface area contributed by atoms with Crippen molar-refractivity contribution in [3.63, 3.8) is 0 Å². The third-order valence-corrected chi connectivity index (χ3v) is 6.63. The maximum atomic E-state index is 12.9. The molecule has 1 aliphatic rings. The number of hydrogen-bond acceptors (Lipinski definition) is 5. The van der Waals surface area contributed by atoms with Crippen LogP contribution < -0.4 is 0 Å². The molecular formula is C18H25N3O3S. The van der Waals surface area contributed by atoms with E-state index in [0.29, 0.717) is 24.5 Å². The second-order valence-corrected chi connectivity index (χ2v) is 8.59. The number of nitrogens with zero attached hydrogens (tertiary/aromatic N) is 3. The second kappa shape index (κ2) is 7.27. The van der Waals surface area contributed by atoms with Crippen LogP contribution in [0.1, 0.15) is 29.0 Å². The molecule has 2 aromatic rings. The van der Waals surface area contributed by atoms with E-state index in [1.165, 1.54) is 0 Å². The van der Waals surface area contributed by atoms with Gasteiger partial charge in [-0.25, -0.2) is 8.42 Å². The molecule has 0 amide bonds. The van der Waals surface area contributed by atoms with Crippen molar-refractivity contribution in [2.24, 2.45) is 0 Å². The van der Waals surface area contributed by atoms with Crippen LogP contribution in [0.2, 0.25) is 0 Å².